The normalized spacial score (nSPS) is 17.0. The van der Waals surface area contributed by atoms with Crippen molar-refractivity contribution in [1.82, 2.24) is 20.0 Å². The molecule has 2 heterocycles. The van der Waals surface area contributed by atoms with Crippen molar-refractivity contribution in [2.75, 3.05) is 19.6 Å². The number of carbonyl (C=O) groups excluding carboxylic acids is 1. The standard InChI is InChI=1S/C14H24N4O/c1-3-13(4-2)18-9-6-12(16-18)11-17-8-5-7-15-10-14(17)19/h6,9,13,15H,3-5,7-8,10-11H2,1-2H3. The number of aromatic nitrogens is 2. The number of nitrogens with zero attached hydrogens (tertiary/aromatic N) is 3. The van der Waals surface area contributed by atoms with Crippen LogP contribution in [-0.4, -0.2) is 40.2 Å². The lowest BCUT2D eigenvalue weighted by Crippen LogP contribution is -2.34. The Morgan fingerprint density at radius 2 is 2.21 bits per heavy atom. The number of amides is 1. The molecule has 1 aromatic heterocycles. The average molecular weight is 264 g/mol. The van der Waals surface area contributed by atoms with Crippen molar-refractivity contribution in [2.45, 2.75) is 45.7 Å². The van der Waals surface area contributed by atoms with Crippen LogP contribution in [0.1, 0.15) is 44.8 Å². The van der Waals surface area contributed by atoms with Gasteiger partial charge in [-0.2, -0.15) is 5.10 Å². The molecule has 5 nitrogen and oxygen atoms in total. The maximum absolute atomic E-state index is 11.9. The van der Waals surface area contributed by atoms with Gasteiger partial charge in [-0.05, 0) is 31.9 Å². The van der Waals surface area contributed by atoms with Crippen LogP contribution in [0.4, 0.5) is 0 Å². The third-order valence-electron chi connectivity index (χ3n) is 3.74. The highest BCUT2D eigenvalue weighted by Gasteiger charge is 2.17. The van der Waals surface area contributed by atoms with Gasteiger partial charge in [-0.3, -0.25) is 9.48 Å². The zero-order valence-electron chi connectivity index (χ0n) is 11.9. The van der Waals surface area contributed by atoms with Gasteiger partial charge in [0.1, 0.15) is 0 Å². The molecule has 0 radical (unpaired) electrons. The average Bonchev–Trinajstić information content (AvgIpc) is 2.77. The lowest BCUT2D eigenvalue weighted by molar-refractivity contribution is -0.130. The molecule has 1 fully saturated rings. The van der Waals surface area contributed by atoms with Crippen LogP contribution in [-0.2, 0) is 11.3 Å². The van der Waals surface area contributed by atoms with Crippen molar-refractivity contribution < 1.29 is 4.79 Å². The predicted octanol–water partition coefficient (Wildman–Crippen LogP) is 1.57. The summed E-state index contributed by atoms with van der Waals surface area (Å²) in [4.78, 5) is 13.8. The molecule has 1 saturated heterocycles. The lowest BCUT2D eigenvalue weighted by Gasteiger charge is -2.19. The first-order valence-electron chi connectivity index (χ1n) is 7.27. The molecule has 1 amide bonds. The second-order valence-corrected chi connectivity index (χ2v) is 5.10. The smallest absolute Gasteiger partial charge is 0.236 e. The second-order valence-electron chi connectivity index (χ2n) is 5.10. The largest absolute Gasteiger partial charge is 0.336 e. The van der Waals surface area contributed by atoms with Crippen molar-refractivity contribution in [2.24, 2.45) is 0 Å². The van der Waals surface area contributed by atoms with E-state index >= 15 is 0 Å². The van der Waals surface area contributed by atoms with Gasteiger partial charge in [-0.15, -0.1) is 0 Å². The number of hydrogen-bond acceptors (Lipinski definition) is 3. The maximum Gasteiger partial charge on any atom is 0.236 e. The van der Waals surface area contributed by atoms with Crippen molar-refractivity contribution in [3.05, 3.63) is 18.0 Å². The van der Waals surface area contributed by atoms with E-state index in [0.29, 0.717) is 19.1 Å². The SMILES string of the molecule is CCC(CC)n1ccc(CN2CCCNCC2=O)n1. The molecule has 5 heteroatoms. The van der Waals surface area contributed by atoms with E-state index in [0.717, 1.165) is 38.0 Å². The molecule has 1 aromatic rings. The number of carbonyl (C=O) groups is 1. The van der Waals surface area contributed by atoms with Crippen molar-refractivity contribution in [1.29, 1.82) is 0 Å². The highest BCUT2D eigenvalue weighted by atomic mass is 16.2. The van der Waals surface area contributed by atoms with E-state index in [-0.39, 0.29) is 5.91 Å². The molecule has 1 aliphatic heterocycles. The molecule has 2 rings (SSSR count). The van der Waals surface area contributed by atoms with Crippen molar-refractivity contribution in [3.8, 4) is 0 Å². The minimum Gasteiger partial charge on any atom is -0.336 e. The third kappa shape index (κ3) is 3.56. The van der Waals surface area contributed by atoms with Gasteiger partial charge < -0.3 is 10.2 Å². The van der Waals surface area contributed by atoms with Gasteiger partial charge in [0.05, 0.1) is 24.8 Å². The molecule has 0 spiro atoms. The van der Waals surface area contributed by atoms with Crippen LogP contribution >= 0.6 is 0 Å². The maximum atomic E-state index is 11.9. The van der Waals surface area contributed by atoms with Crippen LogP contribution in [0.5, 0.6) is 0 Å². The van der Waals surface area contributed by atoms with Gasteiger partial charge in [0.25, 0.3) is 0 Å². The summed E-state index contributed by atoms with van der Waals surface area (Å²) in [5, 5.41) is 7.75. The lowest BCUT2D eigenvalue weighted by atomic mass is 10.2. The molecule has 0 saturated carbocycles. The van der Waals surface area contributed by atoms with Crippen molar-refractivity contribution in [3.63, 3.8) is 0 Å². The summed E-state index contributed by atoms with van der Waals surface area (Å²) in [5.41, 5.74) is 0.988. The zero-order chi connectivity index (χ0) is 13.7. The summed E-state index contributed by atoms with van der Waals surface area (Å²) in [5.74, 6) is 0.176. The molecule has 1 aliphatic rings. The molecule has 0 atom stereocenters. The minimum atomic E-state index is 0.176. The summed E-state index contributed by atoms with van der Waals surface area (Å²) >= 11 is 0. The number of rotatable bonds is 5. The molecule has 0 bridgehead atoms. The van der Waals surface area contributed by atoms with Crippen LogP contribution in [0.15, 0.2) is 12.3 Å². The van der Waals surface area contributed by atoms with E-state index in [1.807, 2.05) is 21.8 Å². The Kier molecular flexibility index (Phi) is 4.96. The quantitative estimate of drug-likeness (QED) is 0.878. The van der Waals surface area contributed by atoms with Crippen LogP contribution in [0.25, 0.3) is 0 Å². The Balaban J connectivity index is 2.00. The molecular weight excluding hydrogens is 240 g/mol. The molecule has 19 heavy (non-hydrogen) atoms. The summed E-state index contributed by atoms with van der Waals surface area (Å²) in [6.45, 7) is 7.19. The van der Waals surface area contributed by atoms with E-state index in [4.69, 9.17) is 0 Å². The van der Waals surface area contributed by atoms with Gasteiger partial charge in [0, 0.05) is 12.7 Å². The van der Waals surface area contributed by atoms with Crippen LogP contribution < -0.4 is 5.32 Å². The number of nitrogens with one attached hydrogen (secondary N) is 1. The van der Waals surface area contributed by atoms with Gasteiger partial charge in [-0.1, -0.05) is 13.8 Å². The van der Waals surface area contributed by atoms with E-state index in [1.54, 1.807) is 0 Å². The first kappa shape index (κ1) is 14.1. The third-order valence-corrected chi connectivity index (χ3v) is 3.74. The minimum absolute atomic E-state index is 0.176. The van der Waals surface area contributed by atoms with Crippen LogP contribution in [0.3, 0.4) is 0 Å². The van der Waals surface area contributed by atoms with E-state index < -0.39 is 0 Å². The number of hydrogen-bond donors (Lipinski definition) is 1. The topological polar surface area (TPSA) is 50.2 Å². The fourth-order valence-corrected chi connectivity index (χ4v) is 2.52. The molecule has 106 valence electrons. The highest BCUT2D eigenvalue weighted by molar-refractivity contribution is 5.78. The molecule has 0 aliphatic carbocycles. The van der Waals surface area contributed by atoms with Gasteiger partial charge in [0.15, 0.2) is 0 Å². The van der Waals surface area contributed by atoms with E-state index in [1.165, 1.54) is 0 Å². The molecule has 0 unspecified atom stereocenters. The first-order valence-corrected chi connectivity index (χ1v) is 7.27. The highest BCUT2D eigenvalue weighted by Crippen LogP contribution is 2.15. The molecule has 0 aromatic carbocycles. The first-order chi connectivity index (χ1) is 9.24. The Bertz CT molecular complexity index is 411. The zero-order valence-corrected chi connectivity index (χ0v) is 11.9. The van der Waals surface area contributed by atoms with E-state index in [9.17, 15) is 4.79 Å². The molecule has 1 N–H and O–H groups in total. The Hall–Kier alpha value is -1.36. The Morgan fingerprint density at radius 3 is 2.95 bits per heavy atom. The van der Waals surface area contributed by atoms with Crippen molar-refractivity contribution >= 4 is 5.91 Å². The summed E-state index contributed by atoms with van der Waals surface area (Å²) in [6, 6.07) is 2.50. The Morgan fingerprint density at radius 1 is 1.42 bits per heavy atom. The Labute approximate surface area is 115 Å². The van der Waals surface area contributed by atoms with Gasteiger partial charge in [-0.25, -0.2) is 0 Å². The van der Waals surface area contributed by atoms with Crippen LogP contribution in [0.2, 0.25) is 0 Å². The second kappa shape index (κ2) is 6.70. The van der Waals surface area contributed by atoms with Crippen LogP contribution in [0, 0.1) is 0 Å². The summed E-state index contributed by atoms with van der Waals surface area (Å²) in [6.07, 6.45) is 5.22. The monoisotopic (exact) mass is 264 g/mol. The fraction of sp³-hybridized carbons (Fsp3) is 0.714. The van der Waals surface area contributed by atoms with Gasteiger partial charge >= 0.3 is 0 Å². The predicted molar refractivity (Wildman–Crippen MR) is 74.7 cm³/mol. The fourth-order valence-electron chi connectivity index (χ4n) is 2.52. The summed E-state index contributed by atoms with van der Waals surface area (Å²) < 4.78 is 2.04. The van der Waals surface area contributed by atoms with E-state index in [2.05, 4.69) is 24.3 Å². The van der Waals surface area contributed by atoms with Gasteiger partial charge in [0.2, 0.25) is 5.91 Å². The summed E-state index contributed by atoms with van der Waals surface area (Å²) in [7, 11) is 0. The molecular formula is C14H24N4O.